The molecule has 0 spiro atoms. The highest BCUT2D eigenvalue weighted by Gasteiger charge is 2.50. The van der Waals surface area contributed by atoms with Crippen molar-refractivity contribution >= 4 is 11.7 Å². The van der Waals surface area contributed by atoms with E-state index >= 15 is 0 Å². The van der Waals surface area contributed by atoms with Gasteiger partial charge in [0.25, 0.3) is 0 Å². The number of ether oxygens (including phenoxy) is 2. The van der Waals surface area contributed by atoms with Crippen molar-refractivity contribution < 1.29 is 14.3 Å². The molecule has 7 nitrogen and oxygen atoms in total. The first-order chi connectivity index (χ1) is 11.1. The van der Waals surface area contributed by atoms with Crippen molar-refractivity contribution in [3.05, 3.63) is 12.4 Å². The predicted molar refractivity (Wildman–Crippen MR) is 93.1 cm³/mol. The van der Waals surface area contributed by atoms with E-state index in [2.05, 4.69) is 50.4 Å². The minimum Gasteiger partial charge on any atom is -0.383 e. The molecule has 0 aliphatic heterocycles. The van der Waals surface area contributed by atoms with Crippen LogP contribution in [-0.2, 0) is 16.0 Å². The summed E-state index contributed by atoms with van der Waals surface area (Å²) in [5.74, 6) is 0. The molecule has 1 aliphatic rings. The maximum atomic E-state index is 12.2. The van der Waals surface area contributed by atoms with Gasteiger partial charge in [0.05, 0.1) is 36.7 Å². The molecule has 2 rings (SSSR count). The van der Waals surface area contributed by atoms with E-state index in [-0.39, 0.29) is 29.2 Å². The number of hydrogen-bond acceptors (Lipinski definition) is 4. The average Bonchev–Trinajstić information content (AvgIpc) is 2.90. The number of urea groups is 1. The first kappa shape index (κ1) is 18.7. The highest BCUT2D eigenvalue weighted by molar-refractivity contribution is 5.89. The zero-order valence-corrected chi connectivity index (χ0v) is 15.5. The third-order valence-corrected chi connectivity index (χ3v) is 4.39. The van der Waals surface area contributed by atoms with Gasteiger partial charge >= 0.3 is 6.03 Å². The van der Waals surface area contributed by atoms with Crippen LogP contribution in [0.3, 0.4) is 0 Å². The normalized spacial score (nSPS) is 22.8. The third-order valence-electron chi connectivity index (χ3n) is 4.39. The second-order valence-corrected chi connectivity index (χ2v) is 7.91. The van der Waals surface area contributed by atoms with Crippen LogP contribution in [0, 0.1) is 5.41 Å². The Labute approximate surface area is 144 Å². The highest BCUT2D eigenvalue weighted by Crippen LogP contribution is 2.44. The van der Waals surface area contributed by atoms with Crippen molar-refractivity contribution in [3.63, 3.8) is 0 Å². The summed E-state index contributed by atoms with van der Waals surface area (Å²) in [4.78, 5) is 12.2. The second-order valence-electron chi connectivity index (χ2n) is 7.91. The number of nitrogens with zero attached hydrogens (tertiary/aromatic N) is 2. The fourth-order valence-corrected chi connectivity index (χ4v) is 2.82. The van der Waals surface area contributed by atoms with Crippen molar-refractivity contribution in [2.45, 2.75) is 65.3 Å². The number of anilines is 1. The molecule has 1 heterocycles. The van der Waals surface area contributed by atoms with Crippen LogP contribution in [0.5, 0.6) is 0 Å². The molecule has 1 aromatic heterocycles. The van der Waals surface area contributed by atoms with E-state index in [9.17, 15) is 4.79 Å². The summed E-state index contributed by atoms with van der Waals surface area (Å²) in [7, 11) is 1.65. The molecule has 7 heteroatoms. The molecule has 2 amide bonds. The summed E-state index contributed by atoms with van der Waals surface area (Å²) in [5.41, 5.74) is 0.405. The highest BCUT2D eigenvalue weighted by atomic mass is 16.5. The first-order valence-corrected chi connectivity index (χ1v) is 8.38. The Balaban J connectivity index is 1.82. The quantitative estimate of drug-likeness (QED) is 0.836. The van der Waals surface area contributed by atoms with Crippen LogP contribution in [0.4, 0.5) is 10.5 Å². The summed E-state index contributed by atoms with van der Waals surface area (Å²) in [6.07, 6.45) is 4.40. The molecule has 1 fully saturated rings. The topological polar surface area (TPSA) is 77.4 Å². The molecular weight excluding hydrogens is 308 g/mol. The Hall–Kier alpha value is -1.60. The Morgan fingerprint density at radius 2 is 2.17 bits per heavy atom. The molecule has 0 saturated heterocycles. The van der Waals surface area contributed by atoms with Crippen molar-refractivity contribution in [2.75, 3.05) is 19.0 Å². The van der Waals surface area contributed by atoms with Gasteiger partial charge in [-0.25, -0.2) is 4.79 Å². The molecule has 136 valence electrons. The maximum absolute atomic E-state index is 12.2. The fraction of sp³-hybridized carbons (Fsp3) is 0.765. The largest absolute Gasteiger partial charge is 0.383 e. The lowest BCUT2D eigenvalue weighted by Gasteiger charge is -2.53. The van der Waals surface area contributed by atoms with Crippen molar-refractivity contribution in [3.8, 4) is 0 Å². The van der Waals surface area contributed by atoms with Gasteiger partial charge in [0.2, 0.25) is 0 Å². The van der Waals surface area contributed by atoms with E-state index in [1.807, 2.05) is 0 Å². The number of methoxy groups -OCH3 is 1. The molecule has 0 radical (unpaired) electrons. The maximum Gasteiger partial charge on any atom is 0.319 e. The van der Waals surface area contributed by atoms with Crippen LogP contribution in [0.15, 0.2) is 12.4 Å². The van der Waals surface area contributed by atoms with E-state index in [4.69, 9.17) is 9.47 Å². The lowest BCUT2D eigenvalue weighted by Crippen LogP contribution is -2.63. The molecular formula is C17H30N4O3. The summed E-state index contributed by atoms with van der Waals surface area (Å²) < 4.78 is 12.8. The molecule has 2 unspecified atom stereocenters. The molecule has 0 aromatic carbocycles. The number of carbonyl (C=O) groups excluding carboxylic acids is 1. The predicted octanol–water partition coefficient (Wildman–Crippen LogP) is 2.63. The van der Waals surface area contributed by atoms with Crippen LogP contribution in [0.2, 0.25) is 0 Å². The lowest BCUT2D eigenvalue weighted by atomic mass is 9.64. The lowest BCUT2D eigenvalue weighted by molar-refractivity contribution is -0.170. The van der Waals surface area contributed by atoms with Crippen molar-refractivity contribution in [2.24, 2.45) is 5.41 Å². The summed E-state index contributed by atoms with van der Waals surface area (Å²) in [5, 5.41) is 10.0. The van der Waals surface area contributed by atoms with Gasteiger partial charge in [0, 0.05) is 24.8 Å². The summed E-state index contributed by atoms with van der Waals surface area (Å²) >= 11 is 0. The molecule has 1 aromatic rings. The molecule has 2 N–H and O–H groups in total. The standard InChI is InChI=1S/C17H30N4O3/c1-16(2,3)24-14-9-13(17(14,4)5)20-15(22)19-12-10-18-21(11-12)7-8-23-6/h10-11,13-14H,7-9H2,1-6H3,(H2,19,20,22). The monoisotopic (exact) mass is 338 g/mol. The number of carbonyl (C=O) groups is 1. The summed E-state index contributed by atoms with van der Waals surface area (Å²) in [6, 6.07) is -0.123. The first-order valence-electron chi connectivity index (χ1n) is 8.38. The Morgan fingerprint density at radius 3 is 2.75 bits per heavy atom. The van der Waals surface area contributed by atoms with Crippen LogP contribution >= 0.6 is 0 Å². The van der Waals surface area contributed by atoms with Crippen LogP contribution < -0.4 is 10.6 Å². The number of hydrogen-bond donors (Lipinski definition) is 2. The fourth-order valence-electron chi connectivity index (χ4n) is 2.82. The number of amides is 2. The zero-order valence-electron chi connectivity index (χ0n) is 15.5. The Bertz CT molecular complexity index is 562. The minimum absolute atomic E-state index is 0.0900. The average molecular weight is 338 g/mol. The number of nitrogens with one attached hydrogen (secondary N) is 2. The van der Waals surface area contributed by atoms with Gasteiger partial charge in [-0.05, 0) is 27.2 Å². The zero-order chi connectivity index (χ0) is 18.0. The van der Waals surface area contributed by atoms with Crippen LogP contribution in [-0.4, -0.2) is 47.3 Å². The Morgan fingerprint density at radius 1 is 1.46 bits per heavy atom. The van der Waals surface area contributed by atoms with Crippen LogP contribution in [0.25, 0.3) is 0 Å². The van der Waals surface area contributed by atoms with E-state index < -0.39 is 0 Å². The number of aromatic nitrogens is 2. The minimum atomic E-state index is -0.214. The van der Waals surface area contributed by atoms with Gasteiger partial charge in [-0.2, -0.15) is 5.10 Å². The Kier molecular flexibility index (Phi) is 5.55. The van der Waals surface area contributed by atoms with Crippen molar-refractivity contribution in [1.29, 1.82) is 0 Å². The molecule has 0 bridgehead atoms. The van der Waals surface area contributed by atoms with Gasteiger partial charge in [0.1, 0.15) is 0 Å². The molecule has 1 aliphatic carbocycles. The van der Waals surface area contributed by atoms with E-state index in [1.54, 1.807) is 24.2 Å². The molecule has 2 atom stereocenters. The van der Waals surface area contributed by atoms with Crippen LogP contribution in [0.1, 0.15) is 41.0 Å². The van der Waals surface area contributed by atoms with Gasteiger partial charge in [-0.3, -0.25) is 4.68 Å². The molecule has 24 heavy (non-hydrogen) atoms. The van der Waals surface area contributed by atoms with E-state index in [0.717, 1.165) is 6.42 Å². The number of rotatable bonds is 6. The second kappa shape index (κ2) is 7.11. The summed E-state index contributed by atoms with van der Waals surface area (Å²) in [6.45, 7) is 11.6. The van der Waals surface area contributed by atoms with Gasteiger partial charge in [-0.1, -0.05) is 13.8 Å². The van der Waals surface area contributed by atoms with Gasteiger partial charge in [-0.15, -0.1) is 0 Å². The smallest absolute Gasteiger partial charge is 0.319 e. The molecule has 1 saturated carbocycles. The SMILES string of the molecule is COCCn1cc(NC(=O)NC2CC(OC(C)(C)C)C2(C)C)cn1. The van der Waals surface area contributed by atoms with Gasteiger partial charge < -0.3 is 20.1 Å². The third kappa shape index (κ3) is 4.70. The van der Waals surface area contributed by atoms with Crippen molar-refractivity contribution in [1.82, 2.24) is 15.1 Å². The van der Waals surface area contributed by atoms with Gasteiger partial charge in [0.15, 0.2) is 0 Å². The van der Waals surface area contributed by atoms with E-state index in [0.29, 0.717) is 18.8 Å². The van der Waals surface area contributed by atoms with E-state index in [1.165, 1.54) is 0 Å².